The lowest BCUT2D eigenvalue weighted by molar-refractivity contribution is -0.137. The van der Waals surface area contributed by atoms with Gasteiger partial charge < -0.3 is 5.32 Å². The quantitative estimate of drug-likeness (QED) is 0.890. The fourth-order valence-electron chi connectivity index (χ4n) is 3.13. The van der Waals surface area contributed by atoms with Crippen LogP contribution in [-0.4, -0.2) is 22.4 Å². The van der Waals surface area contributed by atoms with Crippen molar-refractivity contribution in [1.29, 1.82) is 0 Å². The Balaban J connectivity index is 2.16. The molecule has 120 valence electrons. The van der Waals surface area contributed by atoms with Crippen LogP contribution in [0.4, 0.5) is 13.2 Å². The molecule has 1 aromatic heterocycles. The Labute approximate surface area is 123 Å². The van der Waals surface area contributed by atoms with Crippen LogP contribution in [-0.2, 0) is 6.18 Å². The molecule has 21 heavy (non-hydrogen) atoms. The zero-order valence-corrected chi connectivity index (χ0v) is 12.7. The van der Waals surface area contributed by atoms with Crippen molar-refractivity contribution in [2.75, 3.05) is 6.54 Å². The average molecular weight is 303 g/mol. The van der Waals surface area contributed by atoms with Crippen molar-refractivity contribution < 1.29 is 13.2 Å². The van der Waals surface area contributed by atoms with E-state index < -0.39 is 11.7 Å². The van der Waals surface area contributed by atoms with Gasteiger partial charge in [0.25, 0.3) is 0 Å². The topological polar surface area (TPSA) is 29.9 Å². The maximum absolute atomic E-state index is 12.7. The van der Waals surface area contributed by atoms with E-state index in [1.807, 2.05) is 0 Å². The minimum atomic E-state index is -4.32. The lowest BCUT2D eigenvalue weighted by atomic mass is 9.81. The normalized spacial score (nSPS) is 27.0. The minimum Gasteiger partial charge on any atom is -0.312 e. The Kier molecular flexibility index (Phi) is 5.30. The van der Waals surface area contributed by atoms with Gasteiger partial charge in [-0.15, -0.1) is 0 Å². The Morgan fingerprint density at radius 2 is 2.10 bits per heavy atom. The molecule has 3 nitrogen and oxygen atoms in total. The van der Waals surface area contributed by atoms with Crippen LogP contribution in [0.3, 0.4) is 0 Å². The van der Waals surface area contributed by atoms with Crippen molar-refractivity contribution in [3.8, 4) is 0 Å². The summed E-state index contributed by atoms with van der Waals surface area (Å²) in [5.74, 6) is 0.577. The molecule has 0 amide bonds. The highest BCUT2D eigenvalue weighted by Crippen LogP contribution is 2.36. The molecule has 1 aliphatic rings. The Morgan fingerprint density at radius 1 is 1.33 bits per heavy atom. The number of halogens is 3. The van der Waals surface area contributed by atoms with Crippen molar-refractivity contribution in [3.05, 3.63) is 18.0 Å². The first-order valence-electron chi connectivity index (χ1n) is 7.80. The zero-order valence-electron chi connectivity index (χ0n) is 12.7. The van der Waals surface area contributed by atoms with Gasteiger partial charge in [-0.3, -0.25) is 4.68 Å². The van der Waals surface area contributed by atoms with E-state index in [1.165, 1.54) is 4.68 Å². The Bertz CT molecular complexity index is 442. The summed E-state index contributed by atoms with van der Waals surface area (Å²) in [5, 5.41) is 7.46. The molecule has 0 saturated heterocycles. The molecule has 1 fully saturated rings. The van der Waals surface area contributed by atoms with Gasteiger partial charge >= 0.3 is 6.18 Å². The molecule has 1 heterocycles. The summed E-state index contributed by atoms with van der Waals surface area (Å²) in [6, 6.07) is 0.236. The van der Waals surface area contributed by atoms with Crippen molar-refractivity contribution in [2.45, 2.75) is 64.2 Å². The molecule has 0 spiro atoms. The van der Waals surface area contributed by atoms with Gasteiger partial charge in [-0.05, 0) is 38.1 Å². The van der Waals surface area contributed by atoms with E-state index in [1.54, 1.807) is 0 Å². The smallest absolute Gasteiger partial charge is 0.312 e. The van der Waals surface area contributed by atoms with E-state index in [0.717, 1.165) is 51.0 Å². The number of nitrogens with one attached hydrogen (secondary N) is 1. The molecule has 0 bridgehead atoms. The van der Waals surface area contributed by atoms with Gasteiger partial charge in [0.2, 0.25) is 0 Å². The Hall–Kier alpha value is -1.04. The lowest BCUT2D eigenvalue weighted by Gasteiger charge is -2.36. The number of alkyl halides is 3. The summed E-state index contributed by atoms with van der Waals surface area (Å²) in [7, 11) is 0. The summed E-state index contributed by atoms with van der Waals surface area (Å²) in [6.07, 6.45) is 2.92. The van der Waals surface area contributed by atoms with E-state index in [9.17, 15) is 13.2 Å². The standard InChI is InChI=1S/C15H24F3N3/c1-3-7-19-13-6-5-11(4-2)8-14(13)21-10-12(9-20-21)15(16,17)18/h9-11,13-14,19H,3-8H2,1-2H3. The number of rotatable bonds is 5. The van der Waals surface area contributed by atoms with Gasteiger partial charge in [-0.2, -0.15) is 18.3 Å². The molecule has 6 heteroatoms. The van der Waals surface area contributed by atoms with Crippen molar-refractivity contribution in [1.82, 2.24) is 15.1 Å². The molecule has 1 aromatic rings. The van der Waals surface area contributed by atoms with E-state index in [4.69, 9.17) is 0 Å². The third kappa shape index (κ3) is 3.99. The van der Waals surface area contributed by atoms with E-state index in [-0.39, 0.29) is 12.1 Å². The predicted octanol–water partition coefficient (Wildman–Crippen LogP) is 4.02. The van der Waals surface area contributed by atoms with Gasteiger partial charge in [0.15, 0.2) is 0 Å². The molecule has 3 atom stereocenters. The van der Waals surface area contributed by atoms with Gasteiger partial charge in [0.05, 0.1) is 17.8 Å². The molecule has 1 saturated carbocycles. The summed E-state index contributed by atoms with van der Waals surface area (Å²) in [6.45, 7) is 5.13. The van der Waals surface area contributed by atoms with Gasteiger partial charge in [0, 0.05) is 12.2 Å². The molecular weight excluding hydrogens is 279 g/mol. The number of aromatic nitrogens is 2. The largest absolute Gasteiger partial charge is 0.419 e. The average Bonchev–Trinajstić information content (AvgIpc) is 2.94. The summed E-state index contributed by atoms with van der Waals surface area (Å²) in [4.78, 5) is 0. The molecule has 1 N–H and O–H groups in total. The van der Waals surface area contributed by atoms with Crippen LogP contribution in [0, 0.1) is 5.92 Å². The third-order valence-electron chi connectivity index (χ3n) is 4.43. The van der Waals surface area contributed by atoms with Crippen LogP contribution in [0.25, 0.3) is 0 Å². The SMILES string of the molecule is CCCNC1CCC(CC)CC1n1cc(C(F)(F)F)cn1. The van der Waals surface area contributed by atoms with Crippen LogP contribution in [0.5, 0.6) is 0 Å². The van der Waals surface area contributed by atoms with E-state index in [2.05, 4.69) is 24.3 Å². The van der Waals surface area contributed by atoms with Crippen LogP contribution in [0.1, 0.15) is 57.6 Å². The molecule has 2 rings (SSSR count). The molecule has 1 aliphatic carbocycles. The van der Waals surface area contributed by atoms with Crippen molar-refractivity contribution in [3.63, 3.8) is 0 Å². The maximum atomic E-state index is 12.7. The van der Waals surface area contributed by atoms with Crippen LogP contribution in [0.2, 0.25) is 0 Å². The Morgan fingerprint density at radius 3 is 2.67 bits per heavy atom. The second-order valence-electron chi connectivity index (χ2n) is 5.92. The lowest BCUT2D eigenvalue weighted by Crippen LogP contribution is -2.42. The molecule has 3 unspecified atom stereocenters. The van der Waals surface area contributed by atoms with Crippen molar-refractivity contribution in [2.24, 2.45) is 5.92 Å². The zero-order chi connectivity index (χ0) is 15.5. The monoisotopic (exact) mass is 303 g/mol. The highest BCUT2D eigenvalue weighted by atomic mass is 19.4. The van der Waals surface area contributed by atoms with Crippen molar-refractivity contribution >= 4 is 0 Å². The minimum absolute atomic E-state index is 0.0198. The predicted molar refractivity (Wildman–Crippen MR) is 76.0 cm³/mol. The number of hydrogen-bond acceptors (Lipinski definition) is 2. The summed E-state index contributed by atoms with van der Waals surface area (Å²) in [5.41, 5.74) is -0.657. The molecule has 0 radical (unpaired) electrons. The third-order valence-corrected chi connectivity index (χ3v) is 4.43. The first-order chi connectivity index (χ1) is 9.95. The number of hydrogen-bond donors (Lipinski definition) is 1. The fraction of sp³-hybridized carbons (Fsp3) is 0.800. The maximum Gasteiger partial charge on any atom is 0.419 e. The highest BCUT2D eigenvalue weighted by Gasteiger charge is 2.35. The number of nitrogens with zero attached hydrogens (tertiary/aromatic N) is 2. The second-order valence-corrected chi connectivity index (χ2v) is 5.92. The fourth-order valence-corrected chi connectivity index (χ4v) is 3.13. The molecule has 0 aliphatic heterocycles. The van der Waals surface area contributed by atoms with E-state index in [0.29, 0.717) is 5.92 Å². The van der Waals surface area contributed by atoms with Crippen LogP contribution < -0.4 is 5.32 Å². The second kappa shape index (κ2) is 6.81. The first-order valence-corrected chi connectivity index (χ1v) is 7.80. The summed E-state index contributed by atoms with van der Waals surface area (Å²) >= 11 is 0. The molecular formula is C15H24F3N3. The van der Waals surface area contributed by atoms with Gasteiger partial charge in [-0.1, -0.05) is 20.3 Å². The first kappa shape index (κ1) is 16.3. The highest BCUT2D eigenvalue weighted by molar-refractivity contribution is 5.09. The summed E-state index contributed by atoms with van der Waals surface area (Å²) < 4.78 is 39.8. The van der Waals surface area contributed by atoms with Crippen LogP contribution >= 0.6 is 0 Å². The van der Waals surface area contributed by atoms with E-state index >= 15 is 0 Å². The molecule has 0 aromatic carbocycles. The van der Waals surface area contributed by atoms with Crippen LogP contribution in [0.15, 0.2) is 12.4 Å². The van der Waals surface area contributed by atoms with Gasteiger partial charge in [-0.25, -0.2) is 0 Å². The van der Waals surface area contributed by atoms with Gasteiger partial charge in [0.1, 0.15) is 0 Å².